The molecule has 3 aromatic rings. The van der Waals surface area contributed by atoms with E-state index in [2.05, 4.69) is 15.3 Å². The van der Waals surface area contributed by atoms with Crippen molar-refractivity contribution in [2.45, 2.75) is 16.6 Å². The molecule has 0 bridgehead atoms. The Morgan fingerprint density at radius 3 is 2.45 bits per heavy atom. The van der Waals surface area contributed by atoms with Gasteiger partial charge in [-0.15, -0.1) is 11.8 Å². The summed E-state index contributed by atoms with van der Waals surface area (Å²) in [5.74, 6) is 0.549. The number of alkyl halides is 3. The number of ether oxygens (including phenoxy) is 1. The SMILES string of the molecule is Nc1cc(SCC2=CNC(c3ccc(Oc4ccccc4)cc3)S2)nc(C(F)(F)F)n1. The number of aromatic nitrogens is 2. The number of nitrogens with zero attached hydrogens (tertiary/aromatic N) is 2. The van der Waals surface area contributed by atoms with E-state index in [0.29, 0.717) is 5.75 Å². The zero-order valence-electron chi connectivity index (χ0n) is 16.0. The molecule has 0 amide bonds. The number of nitrogens with two attached hydrogens (primary N) is 1. The molecule has 10 heteroatoms. The van der Waals surface area contributed by atoms with Gasteiger partial charge in [0.05, 0.1) is 0 Å². The van der Waals surface area contributed by atoms with E-state index >= 15 is 0 Å². The Labute approximate surface area is 185 Å². The third kappa shape index (κ3) is 5.65. The lowest BCUT2D eigenvalue weighted by Gasteiger charge is -2.12. The molecule has 1 aliphatic heterocycles. The van der Waals surface area contributed by atoms with Gasteiger partial charge in [-0.05, 0) is 29.8 Å². The van der Waals surface area contributed by atoms with E-state index in [1.54, 1.807) is 11.8 Å². The van der Waals surface area contributed by atoms with Crippen molar-refractivity contribution in [2.75, 3.05) is 11.5 Å². The zero-order valence-corrected chi connectivity index (χ0v) is 17.6. The average Bonchev–Trinajstić information content (AvgIpc) is 3.22. The molecule has 1 atom stereocenters. The molecule has 1 aliphatic rings. The highest BCUT2D eigenvalue weighted by atomic mass is 32.2. The van der Waals surface area contributed by atoms with Gasteiger partial charge < -0.3 is 15.8 Å². The first kappa shape index (κ1) is 21.4. The monoisotopic (exact) mass is 462 g/mol. The van der Waals surface area contributed by atoms with Crippen LogP contribution in [0.3, 0.4) is 0 Å². The number of hydrogen-bond acceptors (Lipinski definition) is 7. The summed E-state index contributed by atoms with van der Waals surface area (Å²) in [7, 11) is 0. The summed E-state index contributed by atoms with van der Waals surface area (Å²) in [6.07, 6.45) is -2.76. The largest absolute Gasteiger partial charge is 0.457 e. The topological polar surface area (TPSA) is 73.1 Å². The molecule has 4 rings (SSSR count). The van der Waals surface area contributed by atoms with E-state index in [1.165, 1.54) is 17.8 Å². The molecule has 31 heavy (non-hydrogen) atoms. The molecule has 3 N–H and O–H groups in total. The molecule has 2 heterocycles. The summed E-state index contributed by atoms with van der Waals surface area (Å²) < 4.78 is 44.4. The zero-order chi connectivity index (χ0) is 21.8. The molecule has 160 valence electrons. The lowest BCUT2D eigenvalue weighted by molar-refractivity contribution is -0.145. The van der Waals surface area contributed by atoms with Crippen LogP contribution in [-0.2, 0) is 6.18 Å². The lowest BCUT2D eigenvalue weighted by Crippen LogP contribution is -2.12. The molecular weight excluding hydrogens is 445 g/mol. The summed E-state index contributed by atoms with van der Waals surface area (Å²) in [5.41, 5.74) is 6.55. The van der Waals surface area contributed by atoms with Gasteiger partial charge >= 0.3 is 6.18 Å². The van der Waals surface area contributed by atoms with Crippen LogP contribution in [0.1, 0.15) is 16.8 Å². The van der Waals surface area contributed by atoms with Crippen LogP contribution in [0.2, 0.25) is 0 Å². The van der Waals surface area contributed by atoms with Crippen molar-refractivity contribution in [3.05, 3.63) is 83.2 Å². The van der Waals surface area contributed by atoms with Crippen molar-refractivity contribution in [2.24, 2.45) is 0 Å². The maximum Gasteiger partial charge on any atom is 0.451 e. The van der Waals surface area contributed by atoms with Crippen LogP contribution >= 0.6 is 23.5 Å². The van der Waals surface area contributed by atoms with E-state index in [0.717, 1.165) is 22.0 Å². The first-order valence-electron chi connectivity index (χ1n) is 9.16. The second kappa shape index (κ2) is 9.11. The number of nitrogen functional groups attached to an aromatic ring is 1. The van der Waals surface area contributed by atoms with E-state index in [1.807, 2.05) is 60.8 Å². The van der Waals surface area contributed by atoms with Crippen molar-refractivity contribution in [1.29, 1.82) is 0 Å². The summed E-state index contributed by atoms with van der Waals surface area (Å²) in [6.45, 7) is 0. The number of nitrogens with one attached hydrogen (secondary N) is 1. The predicted molar refractivity (Wildman–Crippen MR) is 117 cm³/mol. The molecule has 2 aromatic carbocycles. The standard InChI is InChI=1S/C21H17F3N4OS2/c22-21(23,24)20-27-17(25)10-18(28-20)30-12-16-11-26-19(31-16)13-6-8-15(9-7-13)29-14-4-2-1-3-5-14/h1-11,19,26H,12H2,(H2,25,27,28). The van der Waals surface area contributed by atoms with Crippen LogP contribution < -0.4 is 15.8 Å². The van der Waals surface area contributed by atoms with Crippen LogP contribution in [0.5, 0.6) is 11.5 Å². The van der Waals surface area contributed by atoms with E-state index in [-0.39, 0.29) is 16.2 Å². The van der Waals surface area contributed by atoms with Crippen LogP contribution in [0.15, 0.2) is 76.8 Å². The molecule has 0 saturated carbocycles. The van der Waals surface area contributed by atoms with E-state index in [4.69, 9.17) is 10.5 Å². The summed E-state index contributed by atoms with van der Waals surface area (Å²) in [5, 5.41) is 3.49. The Morgan fingerprint density at radius 1 is 1.03 bits per heavy atom. The van der Waals surface area contributed by atoms with Crippen LogP contribution in [0.25, 0.3) is 0 Å². The molecule has 1 unspecified atom stereocenters. The first-order chi connectivity index (χ1) is 14.9. The minimum atomic E-state index is -4.63. The van der Waals surface area contributed by atoms with Gasteiger partial charge in [0.1, 0.15) is 27.7 Å². The third-order valence-corrected chi connectivity index (χ3v) is 6.52. The highest BCUT2D eigenvalue weighted by molar-refractivity contribution is 8.06. The highest BCUT2D eigenvalue weighted by Gasteiger charge is 2.35. The third-order valence-electron chi connectivity index (χ3n) is 4.16. The molecule has 0 radical (unpaired) electrons. The normalized spacial score (nSPS) is 16.0. The Kier molecular flexibility index (Phi) is 6.28. The van der Waals surface area contributed by atoms with Gasteiger partial charge in [0.25, 0.3) is 0 Å². The smallest absolute Gasteiger partial charge is 0.451 e. The van der Waals surface area contributed by atoms with Gasteiger partial charge in [-0.2, -0.15) is 13.2 Å². The second-order valence-corrected chi connectivity index (χ2v) is 8.73. The fourth-order valence-corrected chi connectivity index (χ4v) is 4.80. The van der Waals surface area contributed by atoms with Crippen LogP contribution in [0.4, 0.5) is 19.0 Å². The molecule has 1 aromatic heterocycles. The van der Waals surface area contributed by atoms with Gasteiger partial charge in [0, 0.05) is 22.9 Å². The second-order valence-electron chi connectivity index (χ2n) is 6.50. The summed E-state index contributed by atoms with van der Waals surface area (Å²) in [6, 6.07) is 18.6. The van der Waals surface area contributed by atoms with Crippen molar-refractivity contribution in [3.63, 3.8) is 0 Å². The molecule has 0 spiro atoms. The van der Waals surface area contributed by atoms with Crippen LogP contribution in [0, 0.1) is 0 Å². The fraction of sp³-hybridized carbons (Fsp3) is 0.143. The van der Waals surface area contributed by atoms with Gasteiger partial charge in [0.2, 0.25) is 5.82 Å². The Balaban J connectivity index is 1.33. The summed E-state index contributed by atoms with van der Waals surface area (Å²) >= 11 is 2.78. The van der Waals surface area contributed by atoms with Gasteiger partial charge in [-0.1, -0.05) is 42.1 Å². The molecule has 5 nitrogen and oxygen atoms in total. The maximum absolute atomic E-state index is 12.9. The Bertz CT molecular complexity index is 1080. The van der Waals surface area contributed by atoms with Crippen molar-refractivity contribution in [3.8, 4) is 11.5 Å². The fourth-order valence-electron chi connectivity index (χ4n) is 2.75. The molecule has 0 fully saturated rings. The Hall–Kier alpha value is -2.85. The number of para-hydroxylation sites is 1. The molecule has 0 saturated heterocycles. The number of hydrogen-bond donors (Lipinski definition) is 2. The average molecular weight is 463 g/mol. The predicted octanol–water partition coefficient (Wildman–Crippen LogP) is 5.84. The highest BCUT2D eigenvalue weighted by Crippen LogP contribution is 2.40. The van der Waals surface area contributed by atoms with Gasteiger partial charge in [0.15, 0.2) is 0 Å². The number of thioether (sulfide) groups is 2. The first-order valence-corrected chi connectivity index (χ1v) is 11.0. The summed E-state index contributed by atoms with van der Waals surface area (Å²) in [4.78, 5) is 7.81. The minimum Gasteiger partial charge on any atom is -0.457 e. The number of rotatable bonds is 6. The maximum atomic E-state index is 12.9. The van der Waals surface area contributed by atoms with Crippen molar-refractivity contribution in [1.82, 2.24) is 15.3 Å². The van der Waals surface area contributed by atoms with Gasteiger partial charge in [-0.25, -0.2) is 9.97 Å². The van der Waals surface area contributed by atoms with Crippen molar-refractivity contribution < 1.29 is 17.9 Å². The van der Waals surface area contributed by atoms with Gasteiger partial charge in [-0.3, -0.25) is 0 Å². The van der Waals surface area contributed by atoms with Crippen molar-refractivity contribution >= 4 is 29.3 Å². The van der Waals surface area contributed by atoms with Crippen LogP contribution in [-0.4, -0.2) is 15.7 Å². The van der Waals surface area contributed by atoms with E-state index < -0.39 is 12.0 Å². The molecular formula is C21H17F3N4OS2. The number of benzene rings is 2. The quantitative estimate of drug-likeness (QED) is 0.352. The van der Waals surface area contributed by atoms with E-state index in [9.17, 15) is 13.2 Å². The number of halogens is 3. The molecule has 0 aliphatic carbocycles. The Morgan fingerprint density at radius 2 is 1.74 bits per heavy atom. The number of anilines is 1. The minimum absolute atomic E-state index is 0.0163. The lowest BCUT2D eigenvalue weighted by atomic mass is 10.2.